The molecule has 7 heteroatoms. The highest BCUT2D eigenvalue weighted by Crippen LogP contribution is 2.15. The number of guanidine groups is 1. The second-order valence-electron chi connectivity index (χ2n) is 6.78. The zero-order chi connectivity index (χ0) is 21.1. The molecule has 2 rings (SSSR count). The summed E-state index contributed by atoms with van der Waals surface area (Å²) in [4.78, 5) is 16.4. The summed E-state index contributed by atoms with van der Waals surface area (Å²) in [5.74, 6) is 1.72. The lowest BCUT2D eigenvalue weighted by Crippen LogP contribution is -2.37. The first kappa shape index (κ1) is 22.5. The van der Waals surface area contributed by atoms with Crippen molar-refractivity contribution in [3.63, 3.8) is 0 Å². The van der Waals surface area contributed by atoms with E-state index < -0.39 is 0 Å². The van der Waals surface area contributed by atoms with Gasteiger partial charge in [0.25, 0.3) is 0 Å². The second-order valence-corrected chi connectivity index (χ2v) is 6.78. The Labute approximate surface area is 173 Å². The average Bonchev–Trinajstić information content (AvgIpc) is 3.13. The van der Waals surface area contributed by atoms with Gasteiger partial charge in [-0.3, -0.25) is 4.79 Å². The summed E-state index contributed by atoms with van der Waals surface area (Å²) in [5.41, 5.74) is 4.00. The maximum absolute atomic E-state index is 11.7. The van der Waals surface area contributed by atoms with Crippen LogP contribution in [0.2, 0.25) is 0 Å². The lowest BCUT2D eigenvalue weighted by atomic mass is 10.1. The Hall–Kier alpha value is -2.83. The molecule has 29 heavy (non-hydrogen) atoms. The van der Waals surface area contributed by atoms with Gasteiger partial charge < -0.3 is 20.5 Å². The van der Waals surface area contributed by atoms with Crippen LogP contribution in [0.25, 0.3) is 0 Å². The summed E-state index contributed by atoms with van der Waals surface area (Å²) in [5, 5.41) is 13.7. The van der Waals surface area contributed by atoms with Crippen LogP contribution >= 0.6 is 0 Å². The fourth-order valence-electron chi connectivity index (χ4n) is 2.97. The molecule has 1 amide bonds. The first-order valence-corrected chi connectivity index (χ1v) is 10.5. The van der Waals surface area contributed by atoms with Crippen molar-refractivity contribution in [1.29, 1.82) is 0 Å². The van der Waals surface area contributed by atoms with Gasteiger partial charge in [0.05, 0.1) is 12.2 Å². The van der Waals surface area contributed by atoms with Gasteiger partial charge in [-0.2, -0.15) is 0 Å². The first-order valence-electron chi connectivity index (χ1n) is 10.5. The van der Waals surface area contributed by atoms with Gasteiger partial charge in [0, 0.05) is 37.2 Å². The van der Waals surface area contributed by atoms with Crippen LogP contribution in [0.3, 0.4) is 0 Å². The maximum Gasteiger partial charge on any atom is 0.224 e. The Morgan fingerprint density at radius 3 is 2.45 bits per heavy atom. The van der Waals surface area contributed by atoms with Gasteiger partial charge in [0.1, 0.15) is 5.76 Å². The molecular formula is C22H33N5O2. The van der Waals surface area contributed by atoms with Crippen LogP contribution in [0.1, 0.15) is 63.1 Å². The monoisotopic (exact) mass is 399 g/mol. The molecule has 0 saturated carbocycles. The van der Waals surface area contributed by atoms with Crippen LogP contribution in [0.4, 0.5) is 5.69 Å². The molecule has 0 fully saturated rings. The fourth-order valence-corrected chi connectivity index (χ4v) is 2.97. The summed E-state index contributed by atoms with van der Waals surface area (Å²) in [7, 11) is 0. The van der Waals surface area contributed by atoms with E-state index in [1.54, 1.807) is 0 Å². The van der Waals surface area contributed by atoms with E-state index in [4.69, 9.17) is 4.52 Å². The minimum atomic E-state index is 0.0449. The highest BCUT2D eigenvalue weighted by molar-refractivity contribution is 5.90. The summed E-state index contributed by atoms with van der Waals surface area (Å²) in [6.07, 6.45) is 3.04. The fraction of sp³-hybridized carbons (Fsp3) is 0.500. The van der Waals surface area contributed by atoms with Crippen LogP contribution < -0.4 is 16.0 Å². The quantitative estimate of drug-likeness (QED) is 0.418. The number of aryl methyl sites for hydroxylation is 2. The molecule has 0 saturated heterocycles. The third-order valence-electron chi connectivity index (χ3n) is 4.52. The van der Waals surface area contributed by atoms with Gasteiger partial charge in [-0.1, -0.05) is 38.1 Å². The van der Waals surface area contributed by atoms with E-state index in [0.717, 1.165) is 60.0 Å². The molecule has 1 aromatic carbocycles. The van der Waals surface area contributed by atoms with E-state index in [2.05, 4.69) is 39.9 Å². The van der Waals surface area contributed by atoms with Crippen molar-refractivity contribution in [3.05, 3.63) is 46.8 Å². The Bertz CT molecular complexity index is 775. The van der Waals surface area contributed by atoms with E-state index in [1.807, 2.05) is 38.1 Å². The topological polar surface area (TPSA) is 91.5 Å². The molecule has 0 bridgehead atoms. The Morgan fingerprint density at radius 2 is 1.83 bits per heavy atom. The zero-order valence-corrected chi connectivity index (χ0v) is 18.0. The first-order chi connectivity index (χ1) is 14.1. The molecule has 0 aliphatic rings. The number of hydrogen-bond acceptors (Lipinski definition) is 4. The van der Waals surface area contributed by atoms with Crippen molar-refractivity contribution in [2.45, 2.75) is 66.5 Å². The van der Waals surface area contributed by atoms with Crippen LogP contribution in [-0.2, 0) is 30.7 Å². The second kappa shape index (κ2) is 11.9. The van der Waals surface area contributed by atoms with Gasteiger partial charge in [-0.05, 0) is 37.5 Å². The summed E-state index contributed by atoms with van der Waals surface area (Å²) >= 11 is 0. The van der Waals surface area contributed by atoms with E-state index in [9.17, 15) is 4.79 Å². The van der Waals surface area contributed by atoms with Crippen molar-refractivity contribution in [1.82, 2.24) is 15.8 Å². The normalized spacial score (nSPS) is 11.4. The summed E-state index contributed by atoms with van der Waals surface area (Å²) in [6, 6.07) is 7.80. The predicted molar refractivity (Wildman–Crippen MR) is 117 cm³/mol. The Kier molecular flexibility index (Phi) is 9.21. The molecule has 0 unspecified atom stereocenters. The number of amides is 1. The molecule has 1 heterocycles. The van der Waals surface area contributed by atoms with Gasteiger partial charge in [0.2, 0.25) is 5.91 Å². The molecule has 2 aromatic rings. The number of aliphatic imine (C=N–C) groups is 1. The Balaban J connectivity index is 1.98. The number of nitrogens with one attached hydrogen (secondary N) is 3. The highest BCUT2D eigenvalue weighted by Gasteiger charge is 2.13. The molecular weight excluding hydrogens is 366 g/mol. The number of benzene rings is 1. The predicted octanol–water partition coefficient (Wildman–Crippen LogP) is 3.79. The molecule has 3 N–H and O–H groups in total. The van der Waals surface area contributed by atoms with Crippen molar-refractivity contribution < 1.29 is 9.32 Å². The molecule has 0 aliphatic heterocycles. The smallest absolute Gasteiger partial charge is 0.224 e. The standard InChI is InChI=1S/C22H33N5O2/c1-5-9-21(28)26-17-12-10-16(11-13-17)14-24-22(23-8-4)25-15-18-19(6-2)27-29-20(18)7-3/h10-13H,5-9,14-15H2,1-4H3,(H,26,28)(H2,23,24,25). The number of carbonyl (C=O) groups excluding carboxylic acids is 1. The molecule has 0 aliphatic carbocycles. The highest BCUT2D eigenvalue weighted by atomic mass is 16.5. The summed E-state index contributed by atoms with van der Waals surface area (Å²) in [6.45, 7) is 10.1. The van der Waals surface area contributed by atoms with Crippen LogP contribution in [0, 0.1) is 0 Å². The number of anilines is 1. The average molecular weight is 400 g/mol. The zero-order valence-electron chi connectivity index (χ0n) is 18.0. The maximum atomic E-state index is 11.7. The van der Waals surface area contributed by atoms with Gasteiger partial charge in [0.15, 0.2) is 5.96 Å². The SMILES string of the molecule is CCCC(=O)Nc1ccc(CN=C(NCC)NCc2c(CC)noc2CC)cc1. The Morgan fingerprint density at radius 1 is 1.07 bits per heavy atom. The lowest BCUT2D eigenvalue weighted by Gasteiger charge is -2.12. The third-order valence-corrected chi connectivity index (χ3v) is 4.52. The largest absolute Gasteiger partial charge is 0.361 e. The van der Waals surface area contributed by atoms with Gasteiger partial charge in [-0.25, -0.2) is 4.99 Å². The van der Waals surface area contributed by atoms with Crippen LogP contribution in [0.5, 0.6) is 0 Å². The summed E-state index contributed by atoms with van der Waals surface area (Å²) < 4.78 is 5.43. The molecule has 0 radical (unpaired) electrons. The lowest BCUT2D eigenvalue weighted by molar-refractivity contribution is -0.116. The van der Waals surface area contributed by atoms with E-state index in [1.165, 1.54) is 0 Å². The number of nitrogens with zero attached hydrogens (tertiary/aromatic N) is 2. The number of hydrogen-bond donors (Lipinski definition) is 3. The number of aromatic nitrogens is 1. The molecule has 0 spiro atoms. The van der Waals surface area contributed by atoms with E-state index >= 15 is 0 Å². The molecule has 1 aromatic heterocycles. The molecule has 158 valence electrons. The molecule has 0 atom stereocenters. The van der Waals surface area contributed by atoms with E-state index in [-0.39, 0.29) is 5.91 Å². The minimum Gasteiger partial charge on any atom is -0.361 e. The van der Waals surface area contributed by atoms with Crippen molar-refractivity contribution in [2.75, 3.05) is 11.9 Å². The van der Waals surface area contributed by atoms with Gasteiger partial charge in [-0.15, -0.1) is 0 Å². The minimum absolute atomic E-state index is 0.0449. The van der Waals surface area contributed by atoms with Crippen LogP contribution in [0.15, 0.2) is 33.8 Å². The van der Waals surface area contributed by atoms with Crippen molar-refractivity contribution in [3.8, 4) is 0 Å². The molecule has 7 nitrogen and oxygen atoms in total. The van der Waals surface area contributed by atoms with Crippen molar-refractivity contribution >= 4 is 17.6 Å². The number of carbonyl (C=O) groups is 1. The van der Waals surface area contributed by atoms with Crippen molar-refractivity contribution in [2.24, 2.45) is 4.99 Å². The number of rotatable bonds is 10. The van der Waals surface area contributed by atoms with Gasteiger partial charge >= 0.3 is 0 Å². The third kappa shape index (κ3) is 6.93. The van der Waals surface area contributed by atoms with E-state index in [0.29, 0.717) is 19.5 Å². The van der Waals surface area contributed by atoms with Crippen LogP contribution in [-0.4, -0.2) is 23.6 Å².